The molecule has 0 fully saturated rings. The molecule has 0 bridgehead atoms. The SMILES string of the molecule is CCCC(CC)N1C(=O)c2ccc3c4c(Br)cc5c6c(cc(Br)c(c7ccc(c2c37)C1=O)c64)C(=O)N(C(CC)CCC)C5=O. The van der Waals surface area contributed by atoms with Gasteiger partial charge in [-0.05, 0) is 66.1 Å². The molecule has 0 aliphatic carbocycles. The summed E-state index contributed by atoms with van der Waals surface area (Å²) in [5.74, 6) is -1.05. The van der Waals surface area contributed by atoms with E-state index in [1.54, 1.807) is 0 Å². The van der Waals surface area contributed by atoms with Crippen molar-refractivity contribution >= 4 is 98.6 Å². The third-order valence-electron chi connectivity index (χ3n) is 9.72. The monoisotopic (exact) mass is 714 g/mol. The van der Waals surface area contributed by atoms with Crippen LogP contribution in [-0.4, -0.2) is 45.5 Å². The Balaban J connectivity index is 1.58. The lowest BCUT2D eigenvalue weighted by molar-refractivity contribution is 0.0510. The van der Waals surface area contributed by atoms with Crippen LogP contribution in [0.15, 0.2) is 45.3 Å². The zero-order chi connectivity index (χ0) is 31.2. The van der Waals surface area contributed by atoms with Gasteiger partial charge in [-0.2, -0.15) is 0 Å². The van der Waals surface area contributed by atoms with Crippen LogP contribution in [0, 0.1) is 0 Å². The van der Waals surface area contributed by atoms with Crippen LogP contribution in [0.1, 0.15) is 108 Å². The molecule has 0 aromatic heterocycles. The van der Waals surface area contributed by atoms with Gasteiger partial charge in [0.05, 0.1) is 0 Å². The van der Waals surface area contributed by atoms with Gasteiger partial charge in [0.2, 0.25) is 0 Å². The molecule has 4 amide bonds. The summed E-state index contributed by atoms with van der Waals surface area (Å²) >= 11 is 7.62. The minimum absolute atomic E-state index is 0.158. The average molecular weight is 716 g/mol. The number of nitrogens with zero attached hydrogens (tertiary/aromatic N) is 2. The first-order valence-corrected chi connectivity index (χ1v) is 17.1. The molecule has 2 heterocycles. The van der Waals surface area contributed by atoms with E-state index in [1.165, 1.54) is 9.80 Å². The highest BCUT2D eigenvalue weighted by Crippen LogP contribution is 2.50. The molecule has 5 aromatic rings. The summed E-state index contributed by atoms with van der Waals surface area (Å²) in [4.78, 5) is 58.9. The Hall–Kier alpha value is -3.36. The highest BCUT2D eigenvalue weighted by molar-refractivity contribution is 9.11. The molecule has 44 heavy (non-hydrogen) atoms. The zero-order valence-electron chi connectivity index (χ0n) is 25.1. The van der Waals surface area contributed by atoms with Crippen molar-refractivity contribution < 1.29 is 19.2 Å². The number of carbonyl (C=O) groups excluding carboxylic acids is 4. The van der Waals surface area contributed by atoms with Gasteiger partial charge >= 0.3 is 0 Å². The van der Waals surface area contributed by atoms with Gasteiger partial charge in [-0.15, -0.1) is 0 Å². The van der Waals surface area contributed by atoms with Gasteiger partial charge in [0, 0.05) is 70.2 Å². The van der Waals surface area contributed by atoms with Crippen LogP contribution >= 0.6 is 31.9 Å². The van der Waals surface area contributed by atoms with Gasteiger partial charge in [-0.3, -0.25) is 29.0 Å². The second-order valence-corrected chi connectivity index (χ2v) is 13.8. The second kappa shape index (κ2) is 10.6. The Labute approximate surface area is 272 Å². The van der Waals surface area contributed by atoms with E-state index in [1.807, 2.05) is 50.2 Å². The normalized spacial score (nSPS) is 16.4. The van der Waals surface area contributed by atoms with Crippen molar-refractivity contribution in [2.75, 3.05) is 0 Å². The van der Waals surface area contributed by atoms with E-state index in [9.17, 15) is 19.2 Å². The van der Waals surface area contributed by atoms with E-state index >= 15 is 0 Å². The van der Waals surface area contributed by atoms with Gasteiger partial charge in [-0.25, -0.2) is 0 Å². The summed E-state index contributed by atoms with van der Waals surface area (Å²) in [5.41, 5.74) is 2.06. The summed E-state index contributed by atoms with van der Waals surface area (Å²) in [6, 6.07) is 10.9. The van der Waals surface area contributed by atoms with Crippen LogP contribution in [0.4, 0.5) is 0 Å². The van der Waals surface area contributed by atoms with Gasteiger partial charge < -0.3 is 0 Å². The predicted octanol–water partition coefficient (Wildman–Crippen LogP) is 9.61. The number of imide groups is 2. The van der Waals surface area contributed by atoms with Crippen LogP contribution in [0.5, 0.6) is 0 Å². The number of amides is 4. The van der Waals surface area contributed by atoms with Crippen LogP contribution in [0.3, 0.4) is 0 Å². The molecular weight excluding hydrogens is 684 g/mol. The van der Waals surface area contributed by atoms with E-state index in [-0.39, 0.29) is 35.7 Å². The van der Waals surface area contributed by atoms with Crippen molar-refractivity contribution in [1.29, 1.82) is 0 Å². The fourth-order valence-corrected chi connectivity index (χ4v) is 9.05. The van der Waals surface area contributed by atoms with Crippen molar-refractivity contribution in [3.63, 3.8) is 0 Å². The Morgan fingerprint density at radius 1 is 0.523 bits per heavy atom. The molecule has 2 aliphatic rings. The molecule has 6 nitrogen and oxygen atoms in total. The lowest BCUT2D eigenvalue weighted by atomic mass is 9.81. The first-order chi connectivity index (χ1) is 21.2. The molecule has 5 aromatic carbocycles. The second-order valence-electron chi connectivity index (χ2n) is 12.0. The Bertz CT molecular complexity index is 1980. The first kappa shape index (κ1) is 29.4. The summed E-state index contributed by atoms with van der Waals surface area (Å²) in [6.45, 7) is 8.16. The highest BCUT2D eigenvalue weighted by atomic mass is 79.9. The highest BCUT2D eigenvalue weighted by Gasteiger charge is 2.40. The van der Waals surface area contributed by atoms with Crippen molar-refractivity contribution in [2.24, 2.45) is 0 Å². The maximum absolute atomic E-state index is 14.0. The fraction of sp³-hybridized carbons (Fsp3) is 0.333. The molecule has 0 radical (unpaired) electrons. The Morgan fingerprint density at radius 2 is 0.909 bits per heavy atom. The summed E-state index contributed by atoms with van der Waals surface area (Å²) in [7, 11) is 0. The van der Waals surface area contributed by atoms with Crippen molar-refractivity contribution in [1.82, 2.24) is 9.80 Å². The number of carbonyl (C=O) groups is 4. The molecule has 7 rings (SSSR count). The number of hydrogen-bond donors (Lipinski definition) is 0. The maximum Gasteiger partial charge on any atom is 0.261 e. The van der Waals surface area contributed by atoms with Crippen LogP contribution in [0.2, 0.25) is 0 Å². The van der Waals surface area contributed by atoms with Crippen LogP contribution in [-0.2, 0) is 0 Å². The number of benzene rings is 5. The van der Waals surface area contributed by atoms with E-state index in [0.29, 0.717) is 45.9 Å². The Kier molecular flexibility index (Phi) is 7.09. The number of fused-ring (bicyclic) bond motifs is 2. The smallest absolute Gasteiger partial charge is 0.261 e. The standard InChI is InChI=1S/C36H32Br2N2O4/c1-5-9-17(7-3)39-33(41)21-13-11-19-27-20(12-14-22(28(21)27)34(39)42)31-26(38)16-24-29-23(15-25(37)30(19)32(29)31)35(43)40(36(24)44)18(8-4)10-6-2/h11-18H,5-10H2,1-4H3. The molecule has 0 spiro atoms. The van der Waals surface area contributed by atoms with Crippen molar-refractivity contribution in [3.05, 3.63) is 67.6 Å². The van der Waals surface area contributed by atoms with Crippen molar-refractivity contribution in [3.8, 4) is 0 Å². The molecule has 2 aliphatic heterocycles. The minimum Gasteiger partial charge on any atom is -0.271 e. The van der Waals surface area contributed by atoms with Crippen molar-refractivity contribution in [2.45, 2.75) is 78.3 Å². The van der Waals surface area contributed by atoms with E-state index < -0.39 is 0 Å². The molecule has 8 heteroatoms. The third kappa shape index (κ3) is 3.76. The molecule has 2 unspecified atom stereocenters. The largest absolute Gasteiger partial charge is 0.271 e. The van der Waals surface area contributed by atoms with E-state index in [2.05, 4.69) is 45.7 Å². The van der Waals surface area contributed by atoms with Gasteiger partial charge in [0.1, 0.15) is 0 Å². The molecule has 0 saturated heterocycles. The molecular formula is C36H32Br2N2O4. The number of rotatable bonds is 8. The predicted molar refractivity (Wildman–Crippen MR) is 182 cm³/mol. The average Bonchev–Trinajstić information content (AvgIpc) is 3.01. The van der Waals surface area contributed by atoms with Crippen LogP contribution < -0.4 is 0 Å². The zero-order valence-corrected chi connectivity index (χ0v) is 28.3. The lowest BCUT2D eigenvalue weighted by Gasteiger charge is -2.35. The van der Waals surface area contributed by atoms with Crippen LogP contribution in [0.25, 0.3) is 43.1 Å². The summed E-state index contributed by atoms with van der Waals surface area (Å²) < 4.78 is 1.46. The number of halogens is 2. The third-order valence-corrected chi connectivity index (χ3v) is 11.0. The number of hydrogen-bond acceptors (Lipinski definition) is 4. The lowest BCUT2D eigenvalue weighted by Crippen LogP contribution is -2.47. The molecule has 2 atom stereocenters. The summed E-state index contributed by atoms with van der Waals surface area (Å²) in [5, 5.41) is 6.42. The van der Waals surface area contributed by atoms with Gasteiger partial charge in [0.15, 0.2) is 0 Å². The minimum atomic E-state index is -0.270. The fourth-order valence-electron chi connectivity index (χ4n) is 7.77. The van der Waals surface area contributed by atoms with Gasteiger partial charge in [0.25, 0.3) is 23.6 Å². The molecule has 224 valence electrons. The Morgan fingerprint density at radius 3 is 1.30 bits per heavy atom. The molecule has 0 N–H and O–H groups in total. The van der Waals surface area contributed by atoms with E-state index in [0.717, 1.165) is 66.9 Å². The van der Waals surface area contributed by atoms with E-state index in [4.69, 9.17) is 0 Å². The van der Waals surface area contributed by atoms with Gasteiger partial charge in [-0.1, -0.05) is 84.5 Å². The quantitative estimate of drug-likeness (QED) is 0.0911. The first-order valence-electron chi connectivity index (χ1n) is 15.5. The maximum atomic E-state index is 14.0. The molecule has 0 saturated carbocycles. The topological polar surface area (TPSA) is 74.8 Å². The summed E-state index contributed by atoms with van der Waals surface area (Å²) in [6.07, 6.45) is 4.64.